The molecule has 0 aliphatic rings. The van der Waals surface area contributed by atoms with E-state index in [0.717, 1.165) is 9.75 Å². The van der Waals surface area contributed by atoms with Crippen molar-refractivity contribution in [3.8, 4) is 10.6 Å². The second kappa shape index (κ2) is 5.30. The quantitative estimate of drug-likeness (QED) is 0.692. The van der Waals surface area contributed by atoms with Crippen LogP contribution in [0.5, 0.6) is 0 Å². The van der Waals surface area contributed by atoms with E-state index >= 15 is 0 Å². The normalized spacial score (nSPS) is 11.0. The third-order valence-corrected chi connectivity index (χ3v) is 4.58. The van der Waals surface area contributed by atoms with Crippen molar-refractivity contribution in [2.45, 2.75) is 6.92 Å². The van der Waals surface area contributed by atoms with E-state index in [9.17, 15) is 9.90 Å². The van der Waals surface area contributed by atoms with E-state index in [1.54, 1.807) is 29.5 Å². The number of aryl methyl sites for hydroxylation is 1. The van der Waals surface area contributed by atoms with Gasteiger partial charge in [-0.15, -0.1) is 11.3 Å². The number of hydrogen-bond acceptors (Lipinski definition) is 3. The molecule has 1 N–H and O–H groups in total. The predicted octanol–water partition coefficient (Wildman–Crippen LogP) is 5.28. The summed E-state index contributed by atoms with van der Waals surface area (Å²) in [5, 5.41) is 10.6. The molecule has 3 aromatic rings. The topological polar surface area (TPSA) is 50.2 Å². The smallest absolute Gasteiger partial charge is 0.336 e. The monoisotopic (exact) mass is 337 g/mol. The Morgan fingerprint density at radius 2 is 2.00 bits per heavy atom. The van der Waals surface area contributed by atoms with Crippen LogP contribution in [0.3, 0.4) is 0 Å². The van der Waals surface area contributed by atoms with Crippen LogP contribution < -0.4 is 0 Å². The Hall–Kier alpha value is -1.62. The molecule has 0 atom stereocenters. The van der Waals surface area contributed by atoms with Crippen LogP contribution in [-0.2, 0) is 0 Å². The Labute approximate surface area is 134 Å². The molecule has 1 aromatic carbocycles. The van der Waals surface area contributed by atoms with Crippen molar-refractivity contribution in [2.75, 3.05) is 0 Å². The summed E-state index contributed by atoms with van der Waals surface area (Å²) in [7, 11) is 0. The first-order valence-electron chi connectivity index (χ1n) is 6.05. The Morgan fingerprint density at radius 1 is 1.24 bits per heavy atom. The van der Waals surface area contributed by atoms with Crippen molar-refractivity contribution in [3.63, 3.8) is 0 Å². The molecular formula is C15H9Cl2NO2S. The second-order valence-corrected chi connectivity index (χ2v) is 6.69. The van der Waals surface area contributed by atoms with Gasteiger partial charge in [0.15, 0.2) is 0 Å². The van der Waals surface area contributed by atoms with Crippen LogP contribution >= 0.6 is 34.5 Å². The maximum atomic E-state index is 11.5. The van der Waals surface area contributed by atoms with Gasteiger partial charge in [-0.3, -0.25) is 0 Å². The highest BCUT2D eigenvalue weighted by atomic mass is 35.5. The summed E-state index contributed by atoms with van der Waals surface area (Å²) in [5.74, 6) is -1.03. The number of hydrogen-bond donors (Lipinski definition) is 1. The number of thiophene rings is 1. The minimum Gasteiger partial charge on any atom is -0.478 e. The average Bonchev–Trinajstić information content (AvgIpc) is 2.84. The van der Waals surface area contributed by atoms with Crippen LogP contribution in [0, 0.1) is 6.92 Å². The van der Waals surface area contributed by atoms with Gasteiger partial charge in [0.2, 0.25) is 0 Å². The van der Waals surface area contributed by atoms with Crippen molar-refractivity contribution >= 4 is 51.4 Å². The largest absolute Gasteiger partial charge is 0.478 e. The van der Waals surface area contributed by atoms with E-state index in [2.05, 4.69) is 4.98 Å². The minimum atomic E-state index is -1.03. The highest BCUT2D eigenvalue weighted by Gasteiger charge is 2.16. The van der Waals surface area contributed by atoms with Gasteiger partial charge in [-0.2, -0.15) is 0 Å². The molecule has 2 aromatic heterocycles. The van der Waals surface area contributed by atoms with Gasteiger partial charge in [-0.1, -0.05) is 23.2 Å². The SMILES string of the molecule is Cc1ccc(-c2cc(C(=O)O)c3cc(Cl)cc(Cl)c3n2)s1. The number of carboxylic acids is 1. The lowest BCUT2D eigenvalue weighted by molar-refractivity contribution is 0.0699. The van der Waals surface area contributed by atoms with Crippen LogP contribution in [-0.4, -0.2) is 16.1 Å². The molecule has 2 heterocycles. The first kappa shape index (κ1) is 14.3. The lowest BCUT2D eigenvalue weighted by Crippen LogP contribution is -2.00. The highest BCUT2D eigenvalue weighted by molar-refractivity contribution is 7.15. The van der Waals surface area contributed by atoms with Crippen molar-refractivity contribution in [1.29, 1.82) is 0 Å². The van der Waals surface area contributed by atoms with Crippen LogP contribution in [0.4, 0.5) is 0 Å². The van der Waals surface area contributed by atoms with Crippen LogP contribution in [0.25, 0.3) is 21.5 Å². The van der Waals surface area contributed by atoms with E-state index in [-0.39, 0.29) is 5.56 Å². The summed E-state index contributed by atoms with van der Waals surface area (Å²) in [6, 6.07) is 8.58. The fraction of sp³-hybridized carbons (Fsp3) is 0.0667. The minimum absolute atomic E-state index is 0.144. The third-order valence-electron chi connectivity index (χ3n) is 3.05. The Bertz CT molecular complexity index is 873. The first-order chi connectivity index (χ1) is 9.95. The van der Waals surface area contributed by atoms with E-state index < -0.39 is 5.97 Å². The van der Waals surface area contributed by atoms with Gasteiger partial charge in [-0.05, 0) is 37.3 Å². The summed E-state index contributed by atoms with van der Waals surface area (Å²) in [5.41, 5.74) is 1.19. The number of carbonyl (C=O) groups is 1. The number of aromatic carboxylic acids is 1. The van der Waals surface area contributed by atoms with E-state index in [4.69, 9.17) is 23.2 Å². The highest BCUT2D eigenvalue weighted by Crippen LogP contribution is 2.34. The average molecular weight is 338 g/mol. The summed E-state index contributed by atoms with van der Waals surface area (Å²) in [6.07, 6.45) is 0. The second-order valence-electron chi connectivity index (χ2n) is 4.55. The molecule has 6 heteroatoms. The molecule has 0 radical (unpaired) electrons. The van der Waals surface area contributed by atoms with E-state index in [1.165, 1.54) is 0 Å². The molecule has 0 saturated carbocycles. The fourth-order valence-electron chi connectivity index (χ4n) is 2.13. The zero-order valence-electron chi connectivity index (χ0n) is 10.9. The van der Waals surface area contributed by atoms with E-state index in [0.29, 0.717) is 26.6 Å². The van der Waals surface area contributed by atoms with Gasteiger partial charge in [0, 0.05) is 15.3 Å². The van der Waals surface area contributed by atoms with Gasteiger partial charge in [0.25, 0.3) is 0 Å². The molecule has 0 aliphatic heterocycles. The number of nitrogens with zero attached hydrogens (tertiary/aromatic N) is 1. The summed E-state index contributed by atoms with van der Waals surface area (Å²) in [4.78, 5) is 18.1. The zero-order chi connectivity index (χ0) is 15.1. The van der Waals surface area contributed by atoms with Crippen molar-refractivity contribution < 1.29 is 9.90 Å². The van der Waals surface area contributed by atoms with Gasteiger partial charge in [0.1, 0.15) is 0 Å². The Kier molecular flexibility index (Phi) is 3.61. The number of halogens is 2. The Morgan fingerprint density at radius 3 is 2.62 bits per heavy atom. The number of benzene rings is 1. The summed E-state index contributed by atoms with van der Waals surface area (Å²) >= 11 is 13.7. The Balaban J connectivity index is 2.37. The van der Waals surface area contributed by atoms with Crippen LogP contribution in [0.1, 0.15) is 15.2 Å². The fourth-order valence-corrected chi connectivity index (χ4v) is 3.49. The van der Waals surface area contributed by atoms with Crippen LogP contribution in [0.2, 0.25) is 10.0 Å². The maximum Gasteiger partial charge on any atom is 0.336 e. The molecule has 0 unspecified atom stereocenters. The lowest BCUT2D eigenvalue weighted by Gasteiger charge is -2.08. The molecule has 0 spiro atoms. The molecule has 106 valence electrons. The van der Waals surface area contributed by atoms with E-state index in [1.807, 2.05) is 19.1 Å². The van der Waals surface area contributed by atoms with Gasteiger partial charge in [0.05, 0.1) is 26.7 Å². The molecule has 3 rings (SSSR count). The number of aromatic nitrogens is 1. The lowest BCUT2D eigenvalue weighted by atomic mass is 10.1. The van der Waals surface area contributed by atoms with Gasteiger partial charge in [-0.25, -0.2) is 9.78 Å². The number of fused-ring (bicyclic) bond motifs is 1. The maximum absolute atomic E-state index is 11.5. The number of carboxylic acid groups (broad SMARTS) is 1. The van der Waals surface area contributed by atoms with Gasteiger partial charge >= 0.3 is 5.97 Å². The molecule has 21 heavy (non-hydrogen) atoms. The first-order valence-corrected chi connectivity index (χ1v) is 7.63. The molecule has 0 fully saturated rings. The van der Waals surface area contributed by atoms with Crippen molar-refractivity contribution in [1.82, 2.24) is 4.98 Å². The van der Waals surface area contributed by atoms with Gasteiger partial charge < -0.3 is 5.11 Å². The molecule has 0 aliphatic carbocycles. The standard InChI is InChI=1S/C15H9Cl2NO2S/c1-7-2-3-13(21-7)12-6-10(15(19)20)9-4-8(16)5-11(17)14(9)18-12/h2-6H,1H3,(H,19,20). The molecule has 0 saturated heterocycles. The number of pyridine rings is 1. The molecular weight excluding hydrogens is 329 g/mol. The number of rotatable bonds is 2. The van der Waals surface area contributed by atoms with Crippen LogP contribution in [0.15, 0.2) is 30.3 Å². The van der Waals surface area contributed by atoms with Crippen molar-refractivity contribution in [2.24, 2.45) is 0 Å². The summed E-state index contributed by atoms with van der Waals surface area (Å²) < 4.78 is 0. The van der Waals surface area contributed by atoms with Crippen molar-refractivity contribution in [3.05, 3.63) is 50.8 Å². The third kappa shape index (κ3) is 2.62. The zero-order valence-corrected chi connectivity index (χ0v) is 13.2. The predicted molar refractivity (Wildman–Crippen MR) is 86.8 cm³/mol. The molecule has 0 amide bonds. The molecule has 3 nitrogen and oxygen atoms in total. The summed E-state index contributed by atoms with van der Waals surface area (Å²) in [6.45, 7) is 1.99. The molecule has 0 bridgehead atoms.